The molecule has 0 radical (unpaired) electrons. The molecule has 0 bridgehead atoms. The Bertz CT molecular complexity index is 679. The van der Waals surface area contributed by atoms with Crippen molar-refractivity contribution in [3.05, 3.63) is 28.1 Å². The normalized spacial score (nSPS) is 19.2. The van der Waals surface area contributed by atoms with E-state index in [1.54, 1.807) is 22.7 Å². The van der Waals surface area contributed by atoms with Gasteiger partial charge in [-0.25, -0.2) is 4.98 Å². The zero-order valence-corrected chi connectivity index (χ0v) is 15.8. The first-order valence-electron chi connectivity index (χ1n) is 9.08. The maximum Gasteiger partial charge on any atom is 0.266 e. The fourth-order valence-corrected chi connectivity index (χ4v) is 6.02. The highest BCUT2D eigenvalue weighted by molar-refractivity contribution is 7.22. The minimum atomic E-state index is 0.242. The van der Waals surface area contributed by atoms with E-state index < -0.39 is 0 Å². The van der Waals surface area contributed by atoms with Gasteiger partial charge in [0.1, 0.15) is 9.88 Å². The van der Waals surface area contributed by atoms with Crippen molar-refractivity contribution >= 4 is 28.6 Å². The molecular formula is C19H24N2OS2. The summed E-state index contributed by atoms with van der Waals surface area (Å²) in [7, 11) is 0. The fraction of sp³-hybridized carbons (Fsp3) is 0.579. The second-order valence-corrected chi connectivity index (χ2v) is 8.95. The van der Waals surface area contributed by atoms with Gasteiger partial charge in [0.15, 0.2) is 0 Å². The number of nitrogens with zero attached hydrogens (tertiary/aromatic N) is 2. The van der Waals surface area contributed by atoms with Gasteiger partial charge in [-0.15, -0.1) is 22.7 Å². The lowest BCUT2D eigenvalue weighted by atomic mass is 10.1. The average molecular weight is 361 g/mol. The van der Waals surface area contributed by atoms with Crippen LogP contribution in [0, 0.1) is 6.92 Å². The van der Waals surface area contributed by atoms with Gasteiger partial charge >= 0.3 is 0 Å². The Kier molecular flexibility index (Phi) is 4.72. The first-order valence-corrected chi connectivity index (χ1v) is 10.8. The third-order valence-corrected chi connectivity index (χ3v) is 7.58. The Balaban J connectivity index is 1.64. The molecule has 4 rings (SSSR count). The van der Waals surface area contributed by atoms with Gasteiger partial charge in [0.05, 0.1) is 10.6 Å². The highest BCUT2D eigenvalue weighted by atomic mass is 32.1. The van der Waals surface area contributed by atoms with Crippen molar-refractivity contribution in [1.82, 2.24) is 9.88 Å². The number of amides is 1. The van der Waals surface area contributed by atoms with Gasteiger partial charge in [-0.3, -0.25) is 4.79 Å². The fourth-order valence-electron chi connectivity index (χ4n) is 4.21. The standard InChI is InChI=1S/C19H24N2OS2/c1-13-17(24-18(20-13)16-11-6-12-23-16)19(22)21(14-7-2-3-8-14)15-9-4-5-10-15/h6,11-12,14-15H,2-5,7-10H2,1H3. The number of thiophene rings is 1. The van der Waals surface area contributed by atoms with Crippen LogP contribution in [0.4, 0.5) is 0 Å². The number of aromatic nitrogens is 1. The highest BCUT2D eigenvalue weighted by Gasteiger charge is 2.36. The van der Waals surface area contributed by atoms with E-state index in [1.165, 1.54) is 51.4 Å². The predicted molar refractivity (Wildman–Crippen MR) is 101 cm³/mol. The second-order valence-electron chi connectivity index (χ2n) is 7.00. The molecule has 2 aliphatic rings. The lowest BCUT2D eigenvalue weighted by Crippen LogP contribution is -2.45. The third-order valence-electron chi connectivity index (χ3n) is 5.39. The summed E-state index contributed by atoms with van der Waals surface area (Å²) in [5.41, 5.74) is 0.898. The van der Waals surface area contributed by atoms with Gasteiger partial charge in [0, 0.05) is 12.1 Å². The van der Waals surface area contributed by atoms with E-state index in [-0.39, 0.29) is 5.91 Å². The molecule has 2 heterocycles. The molecule has 0 spiro atoms. The van der Waals surface area contributed by atoms with Crippen LogP contribution in [0.5, 0.6) is 0 Å². The van der Waals surface area contributed by atoms with Gasteiger partial charge < -0.3 is 4.90 Å². The molecule has 0 saturated heterocycles. The topological polar surface area (TPSA) is 33.2 Å². The van der Waals surface area contributed by atoms with Crippen molar-refractivity contribution < 1.29 is 4.79 Å². The molecule has 1 amide bonds. The van der Waals surface area contributed by atoms with Crippen molar-refractivity contribution in [3.63, 3.8) is 0 Å². The zero-order valence-electron chi connectivity index (χ0n) is 14.2. The molecule has 5 heteroatoms. The van der Waals surface area contributed by atoms with Gasteiger partial charge in [-0.1, -0.05) is 31.7 Å². The van der Waals surface area contributed by atoms with E-state index >= 15 is 0 Å². The van der Waals surface area contributed by atoms with Gasteiger partial charge in [0.2, 0.25) is 0 Å². The van der Waals surface area contributed by atoms with Crippen molar-refractivity contribution in [3.8, 4) is 9.88 Å². The summed E-state index contributed by atoms with van der Waals surface area (Å²) in [6.07, 6.45) is 9.78. The lowest BCUT2D eigenvalue weighted by Gasteiger charge is -2.34. The molecule has 24 heavy (non-hydrogen) atoms. The Morgan fingerprint density at radius 2 is 1.75 bits per heavy atom. The Labute approximate surface area is 151 Å². The molecular weight excluding hydrogens is 336 g/mol. The molecule has 2 fully saturated rings. The van der Waals surface area contributed by atoms with Crippen molar-refractivity contribution in [2.75, 3.05) is 0 Å². The molecule has 2 aliphatic carbocycles. The minimum Gasteiger partial charge on any atom is -0.332 e. The molecule has 2 aromatic heterocycles. The Morgan fingerprint density at radius 3 is 2.29 bits per heavy atom. The maximum absolute atomic E-state index is 13.4. The molecule has 3 nitrogen and oxygen atoms in total. The van der Waals surface area contributed by atoms with Crippen molar-refractivity contribution in [2.24, 2.45) is 0 Å². The van der Waals surface area contributed by atoms with Crippen molar-refractivity contribution in [2.45, 2.75) is 70.4 Å². The quantitative estimate of drug-likeness (QED) is 0.720. The first kappa shape index (κ1) is 16.3. The van der Waals surface area contributed by atoms with Crippen LogP contribution >= 0.6 is 22.7 Å². The highest BCUT2D eigenvalue weighted by Crippen LogP contribution is 2.36. The van der Waals surface area contributed by atoms with Gasteiger partial charge in [0.25, 0.3) is 5.91 Å². The summed E-state index contributed by atoms with van der Waals surface area (Å²) in [5.74, 6) is 0.242. The van der Waals surface area contributed by atoms with E-state index in [4.69, 9.17) is 4.98 Å². The van der Waals surface area contributed by atoms with Crippen molar-refractivity contribution in [1.29, 1.82) is 0 Å². The van der Waals surface area contributed by atoms with Crippen LogP contribution in [-0.4, -0.2) is 27.9 Å². The first-order chi connectivity index (χ1) is 11.7. The smallest absolute Gasteiger partial charge is 0.266 e. The maximum atomic E-state index is 13.4. The number of aryl methyl sites for hydroxylation is 1. The Hall–Kier alpha value is -1.20. The number of hydrogen-bond acceptors (Lipinski definition) is 4. The molecule has 128 valence electrons. The molecule has 0 aliphatic heterocycles. The number of rotatable bonds is 4. The number of carbonyl (C=O) groups excluding carboxylic acids is 1. The van der Waals surface area contributed by atoms with E-state index in [1.807, 2.05) is 13.0 Å². The lowest BCUT2D eigenvalue weighted by molar-refractivity contribution is 0.0584. The van der Waals surface area contributed by atoms with Crippen LogP contribution in [0.2, 0.25) is 0 Å². The molecule has 0 unspecified atom stereocenters. The van der Waals surface area contributed by atoms with Crippen LogP contribution in [0.15, 0.2) is 17.5 Å². The molecule has 0 aromatic carbocycles. The van der Waals surface area contributed by atoms with E-state index in [0.717, 1.165) is 20.5 Å². The second kappa shape index (κ2) is 6.96. The van der Waals surface area contributed by atoms with Crippen LogP contribution in [-0.2, 0) is 0 Å². The summed E-state index contributed by atoms with van der Waals surface area (Å²) in [6.45, 7) is 1.99. The number of carbonyl (C=O) groups is 1. The van der Waals surface area contributed by atoms with Crippen LogP contribution in [0.1, 0.15) is 66.7 Å². The van der Waals surface area contributed by atoms with Crippen LogP contribution in [0.3, 0.4) is 0 Å². The summed E-state index contributed by atoms with van der Waals surface area (Å²) in [4.78, 5) is 22.4. The molecule has 2 aromatic rings. The predicted octanol–water partition coefficient (Wildman–Crippen LogP) is 5.51. The largest absolute Gasteiger partial charge is 0.332 e. The zero-order chi connectivity index (χ0) is 16.5. The summed E-state index contributed by atoms with van der Waals surface area (Å²) in [5, 5.41) is 3.06. The average Bonchev–Trinajstić information content (AvgIpc) is 3.36. The van der Waals surface area contributed by atoms with Crippen LogP contribution < -0.4 is 0 Å². The third kappa shape index (κ3) is 3.04. The molecule has 2 saturated carbocycles. The Morgan fingerprint density at radius 1 is 1.12 bits per heavy atom. The molecule has 0 N–H and O–H groups in total. The van der Waals surface area contributed by atoms with Crippen LogP contribution in [0.25, 0.3) is 9.88 Å². The van der Waals surface area contributed by atoms with E-state index in [9.17, 15) is 4.79 Å². The van der Waals surface area contributed by atoms with Gasteiger partial charge in [-0.05, 0) is 44.1 Å². The molecule has 0 atom stereocenters. The SMILES string of the molecule is Cc1nc(-c2cccs2)sc1C(=O)N(C1CCCC1)C1CCCC1. The minimum absolute atomic E-state index is 0.242. The summed E-state index contributed by atoms with van der Waals surface area (Å²) >= 11 is 3.27. The summed E-state index contributed by atoms with van der Waals surface area (Å²) in [6, 6.07) is 5.03. The monoisotopic (exact) mass is 360 g/mol. The summed E-state index contributed by atoms with van der Waals surface area (Å²) < 4.78 is 0. The van der Waals surface area contributed by atoms with E-state index in [2.05, 4.69) is 16.3 Å². The number of hydrogen-bond donors (Lipinski definition) is 0. The number of thiazole rings is 1. The van der Waals surface area contributed by atoms with Gasteiger partial charge in [-0.2, -0.15) is 0 Å². The van der Waals surface area contributed by atoms with E-state index in [0.29, 0.717) is 12.1 Å².